The average molecular weight is 337 g/mol. The second-order valence-corrected chi connectivity index (χ2v) is 6.44. The number of rotatable bonds is 4. The van der Waals surface area contributed by atoms with Crippen LogP contribution in [-0.2, 0) is 9.59 Å². The Morgan fingerprint density at radius 1 is 1.20 bits per heavy atom. The molecule has 130 valence electrons. The van der Waals surface area contributed by atoms with Gasteiger partial charge >= 0.3 is 0 Å². The number of aryl methyl sites for hydroxylation is 2. The van der Waals surface area contributed by atoms with E-state index in [1.807, 2.05) is 67.3 Å². The van der Waals surface area contributed by atoms with Crippen molar-refractivity contribution >= 4 is 17.5 Å². The second-order valence-electron chi connectivity index (χ2n) is 6.44. The van der Waals surface area contributed by atoms with Crippen LogP contribution in [0.25, 0.3) is 0 Å². The van der Waals surface area contributed by atoms with E-state index in [1.165, 1.54) is 0 Å². The van der Waals surface area contributed by atoms with Gasteiger partial charge in [0.2, 0.25) is 11.8 Å². The zero-order valence-corrected chi connectivity index (χ0v) is 14.6. The lowest BCUT2D eigenvalue weighted by Crippen LogP contribution is -2.52. The van der Waals surface area contributed by atoms with Crippen LogP contribution >= 0.6 is 0 Å². The van der Waals surface area contributed by atoms with Gasteiger partial charge in [-0.1, -0.05) is 36.4 Å². The summed E-state index contributed by atoms with van der Waals surface area (Å²) in [6, 6.07) is 15.1. The molecule has 2 aromatic rings. The largest absolute Gasteiger partial charge is 0.353 e. The molecule has 1 unspecified atom stereocenters. The SMILES string of the molecule is Cc1cccc(NC(=O)CN2CCNC(=O)C2c2ccccc2C)c1. The fourth-order valence-corrected chi connectivity index (χ4v) is 3.22. The van der Waals surface area contributed by atoms with Crippen molar-refractivity contribution in [2.75, 3.05) is 25.0 Å². The summed E-state index contributed by atoms with van der Waals surface area (Å²) in [6.45, 7) is 5.35. The number of nitrogens with one attached hydrogen (secondary N) is 2. The third kappa shape index (κ3) is 4.06. The smallest absolute Gasteiger partial charge is 0.242 e. The third-order valence-electron chi connectivity index (χ3n) is 4.44. The first-order valence-electron chi connectivity index (χ1n) is 8.48. The van der Waals surface area contributed by atoms with E-state index < -0.39 is 6.04 Å². The first-order chi connectivity index (χ1) is 12.0. The van der Waals surface area contributed by atoms with Crippen LogP contribution in [0.2, 0.25) is 0 Å². The Hall–Kier alpha value is -2.66. The number of piperazine rings is 1. The van der Waals surface area contributed by atoms with Crippen molar-refractivity contribution in [3.63, 3.8) is 0 Å². The Kier molecular flexibility index (Phi) is 5.14. The summed E-state index contributed by atoms with van der Waals surface area (Å²) in [7, 11) is 0. The van der Waals surface area contributed by atoms with Crippen LogP contribution < -0.4 is 10.6 Å². The molecule has 0 aliphatic carbocycles. The Labute approximate surface area is 148 Å². The van der Waals surface area contributed by atoms with E-state index in [1.54, 1.807) is 0 Å². The number of anilines is 1. The first kappa shape index (κ1) is 17.2. The van der Waals surface area contributed by atoms with Gasteiger partial charge in [-0.15, -0.1) is 0 Å². The molecule has 1 aliphatic heterocycles. The summed E-state index contributed by atoms with van der Waals surface area (Å²) in [5.74, 6) is -0.164. The molecule has 0 aromatic heterocycles. The highest BCUT2D eigenvalue weighted by Gasteiger charge is 2.33. The Morgan fingerprint density at radius 2 is 2.00 bits per heavy atom. The Bertz CT molecular complexity index is 788. The average Bonchev–Trinajstić information content (AvgIpc) is 2.56. The fourth-order valence-electron chi connectivity index (χ4n) is 3.22. The summed E-state index contributed by atoms with van der Waals surface area (Å²) in [5, 5.41) is 5.83. The minimum atomic E-state index is -0.432. The number of amides is 2. The number of carbonyl (C=O) groups excluding carboxylic acids is 2. The molecule has 5 nitrogen and oxygen atoms in total. The summed E-state index contributed by atoms with van der Waals surface area (Å²) in [6.07, 6.45) is 0. The monoisotopic (exact) mass is 337 g/mol. The van der Waals surface area contributed by atoms with Crippen molar-refractivity contribution in [1.82, 2.24) is 10.2 Å². The normalized spacial score (nSPS) is 17.8. The van der Waals surface area contributed by atoms with Crippen molar-refractivity contribution in [1.29, 1.82) is 0 Å². The molecule has 1 fully saturated rings. The van der Waals surface area contributed by atoms with Crippen molar-refractivity contribution in [3.8, 4) is 0 Å². The van der Waals surface area contributed by atoms with Gasteiger partial charge in [-0.3, -0.25) is 14.5 Å². The van der Waals surface area contributed by atoms with Crippen LogP contribution in [0.4, 0.5) is 5.69 Å². The van der Waals surface area contributed by atoms with E-state index in [9.17, 15) is 9.59 Å². The van der Waals surface area contributed by atoms with Gasteiger partial charge in [0.25, 0.3) is 0 Å². The highest BCUT2D eigenvalue weighted by Crippen LogP contribution is 2.25. The second kappa shape index (κ2) is 7.49. The summed E-state index contributed by atoms with van der Waals surface area (Å²) in [5.41, 5.74) is 3.86. The van der Waals surface area contributed by atoms with E-state index in [-0.39, 0.29) is 18.4 Å². The maximum absolute atomic E-state index is 12.5. The van der Waals surface area contributed by atoms with Gasteiger partial charge in [0.15, 0.2) is 0 Å². The van der Waals surface area contributed by atoms with Crippen LogP contribution in [0, 0.1) is 13.8 Å². The van der Waals surface area contributed by atoms with Crippen LogP contribution in [-0.4, -0.2) is 36.3 Å². The molecule has 0 radical (unpaired) electrons. The van der Waals surface area contributed by atoms with Crippen molar-refractivity contribution in [3.05, 3.63) is 65.2 Å². The highest BCUT2D eigenvalue weighted by molar-refractivity contribution is 5.93. The molecule has 0 saturated carbocycles. The van der Waals surface area contributed by atoms with Crippen molar-refractivity contribution < 1.29 is 9.59 Å². The van der Waals surface area contributed by atoms with E-state index in [0.717, 1.165) is 22.4 Å². The maximum atomic E-state index is 12.5. The fraction of sp³-hybridized carbons (Fsp3) is 0.300. The molecule has 1 atom stereocenters. The van der Waals surface area contributed by atoms with Crippen LogP contribution in [0.3, 0.4) is 0 Å². The molecule has 5 heteroatoms. The quantitative estimate of drug-likeness (QED) is 0.901. The zero-order valence-electron chi connectivity index (χ0n) is 14.6. The minimum Gasteiger partial charge on any atom is -0.353 e. The minimum absolute atomic E-state index is 0.0519. The molecule has 3 rings (SSSR count). The van der Waals surface area contributed by atoms with Gasteiger partial charge in [0, 0.05) is 18.8 Å². The van der Waals surface area contributed by atoms with Gasteiger partial charge in [0.05, 0.1) is 6.54 Å². The lowest BCUT2D eigenvalue weighted by atomic mass is 9.97. The summed E-state index contributed by atoms with van der Waals surface area (Å²) < 4.78 is 0. The molecule has 0 bridgehead atoms. The van der Waals surface area contributed by atoms with Crippen LogP contribution in [0.1, 0.15) is 22.7 Å². The Balaban J connectivity index is 1.76. The summed E-state index contributed by atoms with van der Waals surface area (Å²) >= 11 is 0. The molecule has 1 aliphatic rings. The van der Waals surface area contributed by atoms with Crippen molar-refractivity contribution in [2.45, 2.75) is 19.9 Å². The molecular formula is C20H23N3O2. The van der Waals surface area contributed by atoms with E-state index in [0.29, 0.717) is 13.1 Å². The lowest BCUT2D eigenvalue weighted by Gasteiger charge is -2.35. The number of hydrogen-bond acceptors (Lipinski definition) is 3. The van der Waals surface area contributed by atoms with E-state index in [2.05, 4.69) is 10.6 Å². The molecule has 1 saturated heterocycles. The predicted molar refractivity (Wildman–Crippen MR) is 98.3 cm³/mol. The number of benzene rings is 2. The van der Waals surface area contributed by atoms with Gasteiger partial charge in [-0.05, 0) is 42.7 Å². The van der Waals surface area contributed by atoms with E-state index in [4.69, 9.17) is 0 Å². The molecule has 0 spiro atoms. The number of hydrogen-bond donors (Lipinski definition) is 2. The molecule has 2 amide bonds. The maximum Gasteiger partial charge on any atom is 0.242 e. The van der Waals surface area contributed by atoms with Gasteiger partial charge in [-0.2, -0.15) is 0 Å². The van der Waals surface area contributed by atoms with E-state index >= 15 is 0 Å². The predicted octanol–water partition coefficient (Wildman–Crippen LogP) is 2.42. The van der Waals surface area contributed by atoms with Gasteiger partial charge < -0.3 is 10.6 Å². The Morgan fingerprint density at radius 3 is 2.76 bits per heavy atom. The van der Waals surface area contributed by atoms with Crippen LogP contribution in [0.5, 0.6) is 0 Å². The number of nitrogens with zero attached hydrogens (tertiary/aromatic N) is 1. The molecule has 1 heterocycles. The standard InChI is InChI=1S/C20H23N3O2/c1-14-6-5-8-16(12-14)22-18(24)13-23-11-10-21-20(25)19(23)17-9-4-3-7-15(17)2/h3-9,12,19H,10-11,13H2,1-2H3,(H,21,25)(H,22,24). The molecule has 25 heavy (non-hydrogen) atoms. The molecule has 2 aromatic carbocycles. The molecular weight excluding hydrogens is 314 g/mol. The molecule has 2 N–H and O–H groups in total. The van der Waals surface area contributed by atoms with Gasteiger partial charge in [-0.25, -0.2) is 0 Å². The number of carbonyl (C=O) groups is 2. The summed E-state index contributed by atoms with van der Waals surface area (Å²) in [4.78, 5) is 26.9. The zero-order chi connectivity index (χ0) is 17.8. The topological polar surface area (TPSA) is 61.4 Å². The third-order valence-corrected chi connectivity index (χ3v) is 4.44. The lowest BCUT2D eigenvalue weighted by molar-refractivity contribution is -0.130. The van der Waals surface area contributed by atoms with Gasteiger partial charge in [0.1, 0.15) is 6.04 Å². The van der Waals surface area contributed by atoms with Crippen LogP contribution in [0.15, 0.2) is 48.5 Å². The highest BCUT2D eigenvalue weighted by atomic mass is 16.2. The first-order valence-corrected chi connectivity index (χ1v) is 8.48. The van der Waals surface area contributed by atoms with Crippen molar-refractivity contribution in [2.24, 2.45) is 0 Å².